The Morgan fingerprint density at radius 1 is 1.15 bits per heavy atom. The first kappa shape index (κ1) is 12.8. The molecule has 0 aliphatic carbocycles. The average Bonchev–Trinajstić information content (AvgIpc) is 2.90. The van der Waals surface area contributed by atoms with Gasteiger partial charge >= 0.3 is 0 Å². The van der Waals surface area contributed by atoms with E-state index in [1.54, 1.807) is 6.07 Å². The third kappa shape index (κ3) is 2.29. The van der Waals surface area contributed by atoms with Gasteiger partial charge < -0.3 is 14.8 Å². The van der Waals surface area contributed by atoms with E-state index in [9.17, 15) is 4.39 Å². The number of fused-ring (bicyclic) bond motifs is 1. The van der Waals surface area contributed by atoms with Crippen molar-refractivity contribution in [2.45, 2.75) is 19.9 Å². The maximum absolute atomic E-state index is 13.8. The lowest BCUT2D eigenvalue weighted by atomic mass is 10.1. The van der Waals surface area contributed by atoms with Crippen LogP contribution < -0.4 is 14.8 Å². The van der Waals surface area contributed by atoms with Gasteiger partial charge in [-0.3, -0.25) is 0 Å². The van der Waals surface area contributed by atoms with Gasteiger partial charge in [0, 0.05) is 6.04 Å². The normalized spacial score (nSPS) is 14.2. The maximum atomic E-state index is 13.8. The van der Waals surface area contributed by atoms with E-state index in [0.717, 1.165) is 22.6 Å². The molecular weight excluding hydrogens is 257 g/mol. The second-order valence-electron chi connectivity index (χ2n) is 4.91. The second kappa shape index (κ2) is 5.04. The van der Waals surface area contributed by atoms with Crippen molar-refractivity contribution in [3.05, 3.63) is 53.3 Å². The third-order valence-corrected chi connectivity index (χ3v) is 3.48. The Bertz CT molecular complexity index is 622. The second-order valence-corrected chi connectivity index (χ2v) is 4.91. The first-order chi connectivity index (χ1) is 9.65. The molecule has 3 nitrogen and oxygen atoms in total. The highest BCUT2D eigenvalue weighted by atomic mass is 19.1. The number of halogens is 1. The lowest BCUT2D eigenvalue weighted by molar-refractivity contribution is 0.174. The summed E-state index contributed by atoms with van der Waals surface area (Å²) in [5.74, 6) is 1.25. The fraction of sp³-hybridized carbons (Fsp3) is 0.250. The van der Waals surface area contributed by atoms with Gasteiger partial charge in [-0.25, -0.2) is 4.39 Å². The summed E-state index contributed by atoms with van der Waals surface area (Å²) in [5, 5.41) is 3.21. The minimum Gasteiger partial charge on any atom is -0.454 e. The Hall–Kier alpha value is -2.23. The zero-order valence-electron chi connectivity index (χ0n) is 11.4. The van der Waals surface area contributed by atoms with Crippen molar-refractivity contribution in [2.24, 2.45) is 0 Å². The van der Waals surface area contributed by atoms with Crippen molar-refractivity contribution >= 4 is 5.69 Å². The summed E-state index contributed by atoms with van der Waals surface area (Å²) in [6.07, 6.45) is 0. The molecule has 3 rings (SSSR count). The van der Waals surface area contributed by atoms with Gasteiger partial charge in [-0.2, -0.15) is 0 Å². The number of para-hydroxylation sites is 1. The topological polar surface area (TPSA) is 30.5 Å². The van der Waals surface area contributed by atoms with Crippen LogP contribution in [0.25, 0.3) is 0 Å². The molecule has 1 N–H and O–H groups in total. The van der Waals surface area contributed by atoms with Crippen molar-refractivity contribution in [1.82, 2.24) is 0 Å². The number of nitrogens with one attached hydrogen (secondary N) is 1. The molecule has 20 heavy (non-hydrogen) atoms. The SMILES string of the molecule is Cc1cccc(F)c1NC(C)c1ccc2c(c1)OCO2. The van der Waals surface area contributed by atoms with Crippen LogP contribution in [0.15, 0.2) is 36.4 Å². The van der Waals surface area contributed by atoms with E-state index in [1.165, 1.54) is 6.07 Å². The molecule has 0 saturated heterocycles. The predicted octanol–water partition coefficient (Wildman–Crippen LogP) is 4.04. The molecule has 2 aromatic rings. The molecule has 1 heterocycles. The van der Waals surface area contributed by atoms with Gasteiger partial charge in [0.05, 0.1) is 5.69 Å². The van der Waals surface area contributed by atoms with Gasteiger partial charge in [0.15, 0.2) is 11.5 Å². The van der Waals surface area contributed by atoms with Crippen LogP contribution in [0, 0.1) is 12.7 Å². The third-order valence-electron chi connectivity index (χ3n) is 3.48. The molecule has 1 unspecified atom stereocenters. The average molecular weight is 273 g/mol. The van der Waals surface area contributed by atoms with Crippen LogP contribution in [0.4, 0.5) is 10.1 Å². The molecule has 0 amide bonds. The van der Waals surface area contributed by atoms with Gasteiger partial charge in [-0.05, 0) is 43.2 Å². The zero-order valence-corrected chi connectivity index (χ0v) is 11.4. The number of ether oxygens (including phenoxy) is 2. The van der Waals surface area contributed by atoms with Crippen molar-refractivity contribution in [1.29, 1.82) is 0 Å². The number of hydrogen-bond acceptors (Lipinski definition) is 3. The summed E-state index contributed by atoms with van der Waals surface area (Å²) in [6, 6.07) is 10.8. The highest BCUT2D eigenvalue weighted by molar-refractivity contribution is 5.54. The minimum absolute atomic E-state index is 0.0277. The van der Waals surface area contributed by atoms with Crippen LogP contribution in [0.1, 0.15) is 24.1 Å². The van der Waals surface area contributed by atoms with Crippen molar-refractivity contribution in [3.63, 3.8) is 0 Å². The molecule has 0 saturated carbocycles. The largest absolute Gasteiger partial charge is 0.454 e. The highest BCUT2D eigenvalue weighted by Gasteiger charge is 2.16. The molecule has 1 atom stereocenters. The number of hydrogen-bond donors (Lipinski definition) is 1. The monoisotopic (exact) mass is 273 g/mol. The Morgan fingerprint density at radius 3 is 2.75 bits per heavy atom. The molecule has 0 fully saturated rings. The van der Waals surface area contributed by atoms with Crippen molar-refractivity contribution < 1.29 is 13.9 Å². The van der Waals surface area contributed by atoms with Crippen molar-refractivity contribution in [3.8, 4) is 11.5 Å². The standard InChI is InChI=1S/C16H16FNO2/c1-10-4-3-5-13(17)16(10)18-11(2)12-6-7-14-15(8-12)20-9-19-14/h3-8,11,18H,9H2,1-2H3. The minimum atomic E-state index is -0.238. The Balaban J connectivity index is 1.84. The summed E-state index contributed by atoms with van der Waals surface area (Å²) >= 11 is 0. The smallest absolute Gasteiger partial charge is 0.231 e. The van der Waals surface area contributed by atoms with Crippen LogP contribution >= 0.6 is 0 Å². The number of benzene rings is 2. The van der Waals surface area contributed by atoms with Gasteiger partial charge in [0.2, 0.25) is 6.79 Å². The van der Waals surface area contributed by atoms with Crippen LogP contribution in [0.3, 0.4) is 0 Å². The first-order valence-electron chi connectivity index (χ1n) is 6.56. The van der Waals surface area contributed by atoms with E-state index in [-0.39, 0.29) is 18.7 Å². The Labute approximate surface area is 117 Å². The molecule has 1 aliphatic heterocycles. The van der Waals surface area contributed by atoms with Gasteiger partial charge in [-0.15, -0.1) is 0 Å². The summed E-state index contributed by atoms with van der Waals surface area (Å²) in [4.78, 5) is 0. The van der Waals surface area contributed by atoms with Crippen LogP contribution in [-0.2, 0) is 0 Å². The fourth-order valence-electron chi connectivity index (χ4n) is 2.30. The highest BCUT2D eigenvalue weighted by Crippen LogP contribution is 2.35. The lowest BCUT2D eigenvalue weighted by Gasteiger charge is -2.18. The van der Waals surface area contributed by atoms with E-state index >= 15 is 0 Å². The van der Waals surface area contributed by atoms with Crippen LogP contribution in [0.5, 0.6) is 11.5 Å². The predicted molar refractivity (Wildman–Crippen MR) is 75.7 cm³/mol. The molecule has 1 aliphatic rings. The van der Waals surface area contributed by atoms with E-state index in [1.807, 2.05) is 38.1 Å². The zero-order chi connectivity index (χ0) is 14.1. The summed E-state index contributed by atoms with van der Waals surface area (Å²) < 4.78 is 24.5. The van der Waals surface area contributed by atoms with E-state index in [2.05, 4.69) is 5.32 Å². The molecule has 4 heteroatoms. The molecule has 2 aromatic carbocycles. The van der Waals surface area contributed by atoms with E-state index in [4.69, 9.17) is 9.47 Å². The number of rotatable bonds is 3. The summed E-state index contributed by atoms with van der Waals surface area (Å²) in [6.45, 7) is 4.13. The van der Waals surface area contributed by atoms with E-state index < -0.39 is 0 Å². The molecule has 0 spiro atoms. The molecule has 0 radical (unpaired) electrons. The van der Waals surface area contributed by atoms with Gasteiger partial charge in [0.1, 0.15) is 5.82 Å². The van der Waals surface area contributed by atoms with Crippen LogP contribution in [0.2, 0.25) is 0 Å². The van der Waals surface area contributed by atoms with Gasteiger partial charge in [-0.1, -0.05) is 18.2 Å². The van der Waals surface area contributed by atoms with Crippen molar-refractivity contribution in [2.75, 3.05) is 12.1 Å². The lowest BCUT2D eigenvalue weighted by Crippen LogP contribution is -2.09. The van der Waals surface area contributed by atoms with Crippen LogP contribution in [-0.4, -0.2) is 6.79 Å². The first-order valence-corrected chi connectivity index (χ1v) is 6.56. The molecule has 0 bridgehead atoms. The molecular formula is C16H16FNO2. The number of anilines is 1. The van der Waals surface area contributed by atoms with Gasteiger partial charge in [0.25, 0.3) is 0 Å². The summed E-state index contributed by atoms with van der Waals surface area (Å²) in [5.41, 5.74) is 2.45. The quantitative estimate of drug-likeness (QED) is 0.915. The Kier molecular flexibility index (Phi) is 3.22. The van der Waals surface area contributed by atoms with E-state index in [0.29, 0.717) is 5.69 Å². The molecule has 104 valence electrons. The summed E-state index contributed by atoms with van der Waals surface area (Å²) in [7, 11) is 0. The molecule has 0 aromatic heterocycles. The number of aryl methyl sites for hydroxylation is 1. The maximum Gasteiger partial charge on any atom is 0.231 e. The Morgan fingerprint density at radius 2 is 1.95 bits per heavy atom. The fourth-order valence-corrected chi connectivity index (χ4v) is 2.30.